The molecular formula is C15H21BrN2O. The van der Waals surface area contributed by atoms with E-state index in [1.165, 1.54) is 0 Å². The highest BCUT2D eigenvalue weighted by molar-refractivity contribution is 9.10. The molecule has 4 heteroatoms. The Bertz CT molecular complexity index is 457. The van der Waals surface area contributed by atoms with Crippen LogP contribution in [-0.4, -0.2) is 22.9 Å². The molecule has 0 heterocycles. The third-order valence-electron chi connectivity index (χ3n) is 3.52. The normalized spacial score (nSPS) is 16.5. The maximum absolute atomic E-state index is 12.4. The van der Waals surface area contributed by atoms with Crippen LogP contribution in [0.5, 0.6) is 0 Å². The minimum Gasteiger partial charge on any atom is -0.334 e. The number of benzene rings is 1. The molecule has 0 bridgehead atoms. The van der Waals surface area contributed by atoms with E-state index in [9.17, 15) is 4.79 Å². The number of amides is 1. The van der Waals surface area contributed by atoms with Gasteiger partial charge in [0, 0.05) is 17.1 Å². The molecule has 1 unspecified atom stereocenters. The molecule has 1 saturated carbocycles. The first-order valence-electron chi connectivity index (χ1n) is 6.79. The third kappa shape index (κ3) is 3.80. The number of rotatable bonds is 5. The summed E-state index contributed by atoms with van der Waals surface area (Å²) < 4.78 is 1.04. The minimum atomic E-state index is -0.396. The van der Waals surface area contributed by atoms with Crippen LogP contribution in [0.15, 0.2) is 28.7 Å². The zero-order chi connectivity index (χ0) is 14.0. The number of hydrogen-bond acceptors (Lipinski definition) is 2. The molecule has 19 heavy (non-hydrogen) atoms. The number of nitrogens with zero attached hydrogens (tertiary/aromatic N) is 1. The maximum atomic E-state index is 12.4. The molecule has 0 aliphatic heterocycles. The molecule has 1 aromatic rings. The first-order valence-corrected chi connectivity index (χ1v) is 7.59. The Morgan fingerprint density at radius 1 is 1.47 bits per heavy atom. The van der Waals surface area contributed by atoms with Crippen LogP contribution in [0, 0.1) is 5.92 Å². The molecule has 1 aromatic carbocycles. The van der Waals surface area contributed by atoms with Crippen molar-refractivity contribution in [2.45, 2.75) is 45.3 Å². The fourth-order valence-electron chi connectivity index (χ4n) is 2.08. The molecule has 0 saturated heterocycles. The van der Waals surface area contributed by atoms with Crippen molar-refractivity contribution in [3.63, 3.8) is 0 Å². The molecule has 2 N–H and O–H groups in total. The van der Waals surface area contributed by atoms with Crippen LogP contribution in [0.2, 0.25) is 0 Å². The molecule has 0 radical (unpaired) electrons. The zero-order valence-corrected chi connectivity index (χ0v) is 13.1. The molecule has 3 nitrogen and oxygen atoms in total. The summed E-state index contributed by atoms with van der Waals surface area (Å²) in [5.41, 5.74) is 7.15. The molecule has 104 valence electrons. The summed E-state index contributed by atoms with van der Waals surface area (Å²) in [6.07, 6.45) is 2.20. The molecule has 1 atom stereocenters. The standard InChI is InChI=1S/C15H21BrN2O/c1-10(2)14(17)15(19)18(13-6-7-13)9-11-4-3-5-12(16)8-11/h3-5,8,10,13-14H,6-7,9,17H2,1-2H3. The minimum absolute atomic E-state index is 0.0810. The van der Waals surface area contributed by atoms with Gasteiger partial charge in [0.1, 0.15) is 0 Å². The number of carbonyl (C=O) groups is 1. The third-order valence-corrected chi connectivity index (χ3v) is 4.01. The van der Waals surface area contributed by atoms with Gasteiger partial charge in [0.05, 0.1) is 6.04 Å². The summed E-state index contributed by atoms with van der Waals surface area (Å²) >= 11 is 3.47. The van der Waals surface area contributed by atoms with Crippen LogP contribution < -0.4 is 5.73 Å². The van der Waals surface area contributed by atoms with Crippen LogP contribution >= 0.6 is 15.9 Å². The summed E-state index contributed by atoms with van der Waals surface area (Å²) in [5.74, 6) is 0.258. The van der Waals surface area contributed by atoms with E-state index in [0.717, 1.165) is 22.9 Å². The average molecular weight is 325 g/mol. The summed E-state index contributed by atoms with van der Waals surface area (Å²) in [4.78, 5) is 14.4. The topological polar surface area (TPSA) is 46.3 Å². The van der Waals surface area contributed by atoms with Gasteiger partial charge < -0.3 is 10.6 Å². The second-order valence-corrected chi connectivity index (χ2v) is 6.51. The number of hydrogen-bond donors (Lipinski definition) is 1. The molecule has 0 aromatic heterocycles. The van der Waals surface area contributed by atoms with Crippen molar-refractivity contribution in [2.75, 3.05) is 0 Å². The lowest BCUT2D eigenvalue weighted by atomic mass is 10.0. The van der Waals surface area contributed by atoms with Gasteiger partial charge in [-0.3, -0.25) is 4.79 Å². The first kappa shape index (κ1) is 14.5. The Morgan fingerprint density at radius 3 is 2.68 bits per heavy atom. The van der Waals surface area contributed by atoms with Gasteiger partial charge >= 0.3 is 0 Å². The maximum Gasteiger partial charge on any atom is 0.240 e. The SMILES string of the molecule is CC(C)C(N)C(=O)N(Cc1cccc(Br)c1)C1CC1. The Morgan fingerprint density at radius 2 is 2.16 bits per heavy atom. The van der Waals surface area contributed by atoms with E-state index in [1.54, 1.807) is 0 Å². The second kappa shape index (κ2) is 6.06. The Kier molecular flexibility index (Phi) is 4.63. The first-order chi connectivity index (χ1) is 8.99. The van der Waals surface area contributed by atoms with E-state index in [2.05, 4.69) is 22.0 Å². The van der Waals surface area contributed by atoms with Crippen molar-refractivity contribution < 1.29 is 4.79 Å². The van der Waals surface area contributed by atoms with Gasteiger partial charge in [-0.05, 0) is 36.5 Å². The smallest absolute Gasteiger partial charge is 0.240 e. The van der Waals surface area contributed by atoms with Crippen LogP contribution in [0.4, 0.5) is 0 Å². The van der Waals surface area contributed by atoms with Crippen molar-refractivity contribution in [2.24, 2.45) is 11.7 Å². The monoisotopic (exact) mass is 324 g/mol. The van der Waals surface area contributed by atoms with Crippen molar-refractivity contribution in [3.8, 4) is 0 Å². The van der Waals surface area contributed by atoms with Gasteiger partial charge in [0.2, 0.25) is 5.91 Å². The highest BCUT2D eigenvalue weighted by atomic mass is 79.9. The molecule has 1 aliphatic rings. The molecule has 0 spiro atoms. The molecular weight excluding hydrogens is 304 g/mol. The Balaban J connectivity index is 2.10. The van der Waals surface area contributed by atoms with Crippen molar-refractivity contribution in [1.29, 1.82) is 0 Å². The highest BCUT2D eigenvalue weighted by Crippen LogP contribution is 2.29. The van der Waals surface area contributed by atoms with Crippen LogP contribution in [0.25, 0.3) is 0 Å². The van der Waals surface area contributed by atoms with E-state index >= 15 is 0 Å². The lowest BCUT2D eigenvalue weighted by molar-refractivity contribution is -0.134. The Hall–Kier alpha value is -0.870. The fourth-order valence-corrected chi connectivity index (χ4v) is 2.53. The predicted octanol–water partition coefficient (Wildman–Crippen LogP) is 2.92. The van der Waals surface area contributed by atoms with Gasteiger partial charge in [-0.1, -0.05) is 41.9 Å². The average Bonchev–Trinajstić information content (AvgIpc) is 3.18. The van der Waals surface area contributed by atoms with E-state index in [-0.39, 0.29) is 11.8 Å². The van der Waals surface area contributed by atoms with Crippen molar-refractivity contribution in [3.05, 3.63) is 34.3 Å². The van der Waals surface area contributed by atoms with Crippen LogP contribution in [0.1, 0.15) is 32.3 Å². The van der Waals surface area contributed by atoms with Gasteiger partial charge in [0.25, 0.3) is 0 Å². The Labute approximate surface area is 123 Å². The number of nitrogens with two attached hydrogens (primary N) is 1. The zero-order valence-electron chi connectivity index (χ0n) is 11.5. The quantitative estimate of drug-likeness (QED) is 0.905. The van der Waals surface area contributed by atoms with Gasteiger partial charge in [0.15, 0.2) is 0 Å². The van der Waals surface area contributed by atoms with E-state index < -0.39 is 6.04 Å². The summed E-state index contributed by atoms with van der Waals surface area (Å²) in [5, 5.41) is 0. The predicted molar refractivity (Wildman–Crippen MR) is 80.5 cm³/mol. The van der Waals surface area contributed by atoms with Crippen LogP contribution in [-0.2, 0) is 11.3 Å². The van der Waals surface area contributed by atoms with E-state index in [4.69, 9.17) is 5.73 Å². The second-order valence-electron chi connectivity index (χ2n) is 5.60. The summed E-state index contributed by atoms with van der Waals surface area (Å²) in [6.45, 7) is 4.64. The lowest BCUT2D eigenvalue weighted by Crippen LogP contribution is -2.47. The van der Waals surface area contributed by atoms with Crippen molar-refractivity contribution >= 4 is 21.8 Å². The number of carbonyl (C=O) groups excluding carboxylic acids is 1. The lowest BCUT2D eigenvalue weighted by Gasteiger charge is -2.27. The fraction of sp³-hybridized carbons (Fsp3) is 0.533. The molecule has 1 amide bonds. The van der Waals surface area contributed by atoms with Gasteiger partial charge in [-0.25, -0.2) is 0 Å². The van der Waals surface area contributed by atoms with Crippen molar-refractivity contribution in [1.82, 2.24) is 4.90 Å². The highest BCUT2D eigenvalue weighted by Gasteiger charge is 2.35. The van der Waals surface area contributed by atoms with Crippen LogP contribution in [0.3, 0.4) is 0 Å². The molecule has 1 aliphatic carbocycles. The van der Waals surface area contributed by atoms with E-state index in [1.807, 2.05) is 36.9 Å². The van der Waals surface area contributed by atoms with Gasteiger partial charge in [-0.15, -0.1) is 0 Å². The summed E-state index contributed by atoms with van der Waals surface area (Å²) in [6, 6.07) is 8.09. The largest absolute Gasteiger partial charge is 0.334 e. The molecule has 2 rings (SSSR count). The summed E-state index contributed by atoms with van der Waals surface area (Å²) in [7, 11) is 0. The molecule has 1 fully saturated rings. The van der Waals surface area contributed by atoms with Gasteiger partial charge in [-0.2, -0.15) is 0 Å². The number of halogens is 1. The van der Waals surface area contributed by atoms with E-state index in [0.29, 0.717) is 12.6 Å².